The fourth-order valence-electron chi connectivity index (χ4n) is 4.97. The van der Waals surface area contributed by atoms with Crippen molar-refractivity contribution in [3.63, 3.8) is 0 Å². The molecule has 0 saturated heterocycles. The monoisotopic (exact) mass is 542 g/mol. The number of aliphatic hydroxyl groups excluding tert-OH is 2. The van der Waals surface area contributed by atoms with Gasteiger partial charge < -0.3 is 40.5 Å². The van der Waals surface area contributed by atoms with Gasteiger partial charge in [0.2, 0.25) is 0 Å². The minimum Gasteiger partial charge on any atom is -0.445 e. The number of alkyl carbamates (subject to hydrolysis) is 2. The second-order valence-corrected chi connectivity index (χ2v) is 10.3. The van der Waals surface area contributed by atoms with Gasteiger partial charge in [0.1, 0.15) is 13.2 Å². The van der Waals surface area contributed by atoms with Gasteiger partial charge in [0.05, 0.1) is 12.2 Å². The number of rotatable bonds is 8. The number of benzene rings is 2. The molecule has 0 aliphatic heterocycles. The molecule has 0 spiro atoms. The zero-order valence-corrected chi connectivity index (χ0v) is 23.0. The molecule has 2 saturated carbocycles. The third kappa shape index (κ3) is 10.1. The van der Waals surface area contributed by atoms with Crippen molar-refractivity contribution in [2.24, 2.45) is 0 Å². The van der Waals surface area contributed by atoms with E-state index in [4.69, 9.17) is 9.47 Å². The summed E-state index contributed by atoms with van der Waals surface area (Å²) < 4.78 is 10.3. The Balaban J connectivity index is 0.000000216. The van der Waals surface area contributed by atoms with Crippen molar-refractivity contribution >= 4 is 12.2 Å². The molecule has 2 aromatic rings. The maximum absolute atomic E-state index is 11.7. The molecule has 6 atom stereocenters. The molecule has 0 bridgehead atoms. The summed E-state index contributed by atoms with van der Waals surface area (Å²) in [6.45, 7) is 0.524. The summed E-state index contributed by atoms with van der Waals surface area (Å²) in [5, 5.41) is 28.3. The number of hydrogen-bond acceptors (Lipinski definition) is 8. The molecule has 2 fully saturated rings. The standard InChI is InChI=1S/C15H22N2O3.C14H20N2O3/c1-17(2)13-8-12(9-14(13)18)16-15(19)20-10-11-6-4-3-5-7-11;1-15-12-7-11(8-13(12)17)16-14(18)19-9-10-5-3-2-4-6-10/h3-7,12-14,18H,8-10H2,1-2H3,(H,16,19);2-6,11-13,15,17H,7-9H2,1H3,(H,16,18)/t12-,13+,14+;11-,12+,13+/m11/s1. The SMILES string of the molecule is CN(C)[C@H]1C[C@@H](NC(=O)OCc2ccccc2)C[C@@H]1O.CN[C@H]1C[C@@H](NC(=O)OCc2ccccc2)C[C@@H]1O. The summed E-state index contributed by atoms with van der Waals surface area (Å²) in [4.78, 5) is 25.4. The molecule has 2 aromatic carbocycles. The number of likely N-dealkylation sites (N-methyl/N-ethyl adjacent to an activating group) is 2. The van der Waals surface area contributed by atoms with Crippen LogP contribution in [0.25, 0.3) is 0 Å². The Morgan fingerprint density at radius 1 is 0.769 bits per heavy atom. The molecule has 0 heterocycles. The fraction of sp³-hybridized carbons (Fsp3) is 0.517. The van der Waals surface area contributed by atoms with Crippen molar-refractivity contribution in [2.75, 3.05) is 21.1 Å². The average Bonchev–Trinajstić information content (AvgIpc) is 3.48. The maximum atomic E-state index is 11.7. The highest BCUT2D eigenvalue weighted by molar-refractivity contribution is 5.68. The van der Waals surface area contributed by atoms with E-state index in [1.54, 1.807) is 0 Å². The molecule has 10 heteroatoms. The van der Waals surface area contributed by atoms with E-state index >= 15 is 0 Å². The zero-order chi connectivity index (χ0) is 28.2. The molecule has 2 aliphatic rings. The van der Waals surface area contributed by atoms with Gasteiger partial charge in [0.15, 0.2) is 0 Å². The van der Waals surface area contributed by atoms with Crippen LogP contribution in [-0.2, 0) is 22.7 Å². The fourth-order valence-corrected chi connectivity index (χ4v) is 4.97. The van der Waals surface area contributed by atoms with Crippen LogP contribution in [-0.4, -0.2) is 84.8 Å². The van der Waals surface area contributed by atoms with Crippen molar-refractivity contribution in [3.05, 3.63) is 71.8 Å². The van der Waals surface area contributed by atoms with Gasteiger partial charge in [-0.1, -0.05) is 60.7 Å². The molecule has 0 unspecified atom stereocenters. The van der Waals surface area contributed by atoms with Gasteiger partial charge in [0, 0.05) is 24.2 Å². The predicted octanol–water partition coefficient (Wildman–Crippen LogP) is 2.39. The van der Waals surface area contributed by atoms with E-state index in [0.717, 1.165) is 24.0 Å². The predicted molar refractivity (Wildman–Crippen MR) is 148 cm³/mol. The van der Waals surface area contributed by atoms with Crippen LogP contribution in [0, 0.1) is 0 Å². The summed E-state index contributed by atoms with van der Waals surface area (Å²) in [5.41, 5.74) is 1.91. The first-order valence-electron chi connectivity index (χ1n) is 13.4. The Morgan fingerprint density at radius 2 is 1.23 bits per heavy atom. The molecule has 2 aliphatic carbocycles. The minimum absolute atomic E-state index is 0.0272. The van der Waals surface area contributed by atoms with Gasteiger partial charge in [0.25, 0.3) is 0 Å². The second kappa shape index (κ2) is 15.4. The van der Waals surface area contributed by atoms with Gasteiger partial charge in [-0.15, -0.1) is 0 Å². The van der Waals surface area contributed by atoms with E-state index in [-0.39, 0.29) is 37.4 Å². The first kappa shape index (κ1) is 30.4. The molecule has 214 valence electrons. The number of nitrogens with one attached hydrogen (secondary N) is 3. The van der Waals surface area contributed by atoms with E-state index in [1.807, 2.05) is 86.7 Å². The molecule has 2 amide bonds. The normalized spacial score (nSPS) is 25.9. The molecule has 0 radical (unpaired) electrons. The molecule has 39 heavy (non-hydrogen) atoms. The lowest BCUT2D eigenvalue weighted by Gasteiger charge is -2.22. The lowest BCUT2D eigenvalue weighted by molar-refractivity contribution is 0.0998. The van der Waals surface area contributed by atoms with Gasteiger partial charge in [-0.2, -0.15) is 0 Å². The lowest BCUT2D eigenvalue weighted by Crippen LogP contribution is -2.36. The first-order valence-corrected chi connectivity index (χ1v) is 13.4. The molecular formula is C29H42N4O6. The Labute approximate surface area is 230 Å². The number of carbonyl (C=O) groups is 2. The molecule has 5 N–H and O–H groups in total. The van der Waals surface area contributed by atoms with E-state index in [2.05, 4.69) is 16.0 Å². The highest BCUT2D eigenvalue weighted by Gasteiger charge is 2.35. The van der Waals surface area contributed by atoms with Crippen molar-refractivity contribution in [1.29, 1.82) is 0 Å². The van der Waals surface area contributed by atoms with Crippen LogP contribution in [0.5, 0.6) is 0 Å². The molecule has 10 nitrogen and oxygen atoms in total. The Kier molecular flexibility index (Phi) is 12.0. The summed E-state index contributed by atoms with van der Waals surface area (Å²) in [5.74, 6) is 0. The molecule has 0 aromatic heterocycles. The van der Waals surface area contributed by atoms with Crippen LogP contribution in [0.3, 0.4) is 0 Å². The third-order valence-corrected chi connectivity index (χ3v) is 7.13. The zero-order valence-electron chi connectivity index (χ0n) is 23.0. The number of ether oxygens (including phenoxy) is 2. The van der Waals surface area contributed by atoms with Crippen molar-refractivity contribution < 1.29 is 29.3 Å². The van der Waals surface area contributed by atoms with E-state index in [0.29, 0.717) is 12.8 Å². The Bertz CT molecular complexity index is 1010. The smallest absolute Gasteiger partial charge is 0.407 e. The molecule has 4 rings (SSSR count). The summed E-state index contributed by atoms with van der Waals surface area (Å²) in [6.07, 6.45) is 0.930. The van der Waals surface area contributed by atoms with Crippen molar-refractivity contribution in [1.82, 2.24) is 20.9 Å². The summed E-state index contributed by atoms with van der Waals surface area (Å²) in [7, 11) is 5.68. The lowest BCUT2D eigenvalue weighted by atomic mass is 10.2. The topological polar surface area (TPSA) is 132 Å². The van der Waals surface area contributed by atoms with Crippen molar-refractivity contribution in [3.8, 4) is 0 Å². The number of aliphatic hydroxyl groups is 2. The quantitative estimate of drug-likeness (QED) is 0.344. The average molecular weight is 543 g/mol. The van der Waals surface area contributed by atoms with Crippen LogP contribution < -0.4 is 16.0 Å². The highest BCUT2D eigenvalue weighted by atomic mass is 16.6. The van der Waals surface area contributed by atoms with Crippen LogP contribution in [0.2, 0.25) is 0 Å². The third-order valence-electron chi connectivity index (χ3n) is 7.13. The number of carbonyl (C=O) groups excluding carboxylic acids is 2. The Morgan fingerprint density at radius 3 is 1.64 bits per heavy atom. The second-order valence-electron chi connectivity index (χ2n) is 10.3. The van der Waals surface area contributed by atoms with E-state index in [1.165, 1.54) is 0 Å². The van der Waals surface area contributed by atoms with Gasteiger partial charge in [-0.25, -0.2) is 9.59 Å². The van der Waals surface area contributed by atoms with Crippen LogP contribution in [0.4, 0.5) is 9.59 Å². The first-order chi connectivity index (χ1) is 18.7. The largest absolute Gasteiger partial charge is 0.445 e. The number of amides is 2. The van der Waals surface area contributed by atoms with Gasteiger partial charge in [-0.3, -0.25) is 0 Å². The van der Waals surface area contributed by atoms with Crippen LogP contribution in [0.15, 0.2) is 60.7 Å². The van der Waals surface area contributed by atoms with Crippen molar-refractivity contribution in [2.45, 2.75) is 75.3 Å². The number of nitrogens with zero attached hydrogens (tertiary/aromatic N) is 1. The number of hydrogen-bond donors (Lipinski definition) is 5. The minimum atomic E-state index is -0.433. The van der Waals surface area contributed by atoms with Crippen LogP contribution >= 0.6 is 0 Å². The van der Waals surface area contributed by atoms with E-state index in [9.17, 15) is 19.8 Å². The maximum Gasteiger partial charge on any atom is 0.407 e. The van der Waals surface area contributed by atoms with Crippen LogP contribution in [0.1, 0.15) is 36.8 Å². The van der Waals surface area contributed by atoms with E-state index < -0.39 is 24.4 Å². The highest BCUT2D eigenvalue weighted by Crippen LogP contribution is 2.23. The van der Waals surface area contributed by atoms with Gasteiger partial charge >= 0.3 is 12.2 Å². The molecular weight excluding hydrogens is 500 g/mol. The Hall–Kier alpha value is -3.18. The van der Waals surface area contributed by atoms with Gasteiger partial charge in [-0.05, 0) is 58.0 Å². The summed E-state index contributed by atoms with van der Waals surface area (Å²) >= 11 is 0. The summed E-state index contributed by atoms with van der Waals surface area (Å²) in [6, 6.07) is 19.2.